The number of nitrogens with one attached hydrogen (secondary N) is 1. The van der Waals surface area contributed by atoms with Crippen molar-refractivity contribution in [3.05, 3.63) is 23.8 Å². The van der Waals surface area contributed by atoms with E-state index in [1.807, 2.05) is 19.1 Å². The smallest absolute Gasteiger partial charge is 0.162 e. The molecule has 0 atom stereocenters. The van der Waals surface area contributed by atoms with Crippen molar-refractivity contribution in [3.8, 4) is 11.5 Å². The third-order valence-corrected chi connectivity index (χ3v) is 3.63. The fraction of sp³-hybridized carbons (Fsp3) is 0.625. The molecule has 1 aromatic rings. The number of morpholine rings is 1. The first-order chi connectivity index (χ1) is 10.3. The Hall–Kier alpha value is -1.30. The minimum atomic E-state index is 0.250. The Morgan fingerprint density at radius 1 is 1.33 bits per heavy atom. The second kappa shape index (κ2) is 8.87. The molecule has 0 bridgehead atoms. The lowest BCUT2D eigenvalue weighted by atomic mass is 10.2. The van der Waals surface area contributed by atoms with Crippen LogP contribution < -0.4 is 10.1 Å². The minimum absolute atomic E-state index is 0.250. The highest BCUT2D eigenvalue weighted by atomic mass is 16.5. The summed E-state index contributed by atoms with van der Waals surface area (Å²) in [5.74, 6) is 0.810. The number of ether oxygens (including phenoxy) is 2. The van der Waals surface area contributed by atoms with Gasteiger partial charge < -0.3 is 19.9 Å². The summed E-state index contributed by atoms with van der Waals surface area (Å²) in [6, 6.07) is 5.63. The van der Waals surface area contributed by atoms with E-state index in [4.69, 9.17) is 9.47 Å². The highest BCUT2D eigenvalue weighted by molar-refractivity contribution is 5.45. The van der Waals surface area contributed by atoms with Gasteiger partial charge in [-0.15, -0.1) is 0 Å². The van der Waals surface area contributed by atoms with E-state index in [2.05, 4.69) is 10.2 Å². The minimum Gasteiger partial charge on any atom is -0.504 e. The molecule has 0 aromatic heterocycles. The van der Waals surface area contributed by atoms with Crippen molar-refractivity contribution in [3.63, 3.8) is 0 Å². The lowest BCUT2D eigenvalue weighted by Gasteiger charge is -2.26. The molecule has 0 saturated carbocycles. The van der Waals surface area contributed by atoms with Crippen LogP contribution in [0.3, 0.4) is 0 Å². The number of aromatic hydroxyl groups is 1. The molecule has 0 spiro atoms. The molecule has 2 rings (SSSR count). The number of phenols is 1. The Balaban J connectivity index is 1.67. The van der Waals surface area contributed by atoms with Gasteiger partial charge in [-0.2, -0.15) is 0 Å². The highest BCUT2D eigenvalue weighted by Gasteiger charge is 2.10. The van der Waals surface area contributed by atoms with E-state index in [1.54, 1.807) is 6.07 Å². The molecule has 1 aliphatic heterocycles. The second-order valence-electron chi connectivity index (χ2n) is 5.18. The van der Waals surface area contributed by atoms with Gasteiger partial charge in [-0.3, -0.25) is 4.90 Å². The largest absolute Gasteiger partial charge is 0.504 e. The van der Waals surface area contributed by atoms with Crippen LogP contribution in [0.2, 0.25) is 0 Å². The lowest BCUT2D eigenvalue weighted by molar-refractivity contribution is 0.0374. The van der Waals surface area contributed by atoms with E-state index in [-0.39, 0.29) is 5.75 Å². The maximum atomic E-state index is 10.1. The Morgan fingerprint density at radius 3 is 2.90 bits per heavy atom. The second-order valence-corrected chi connectivity index (χ2v) is 5.18. The molecule has 1 aromatic carbocycles. The van der Waals surface area contributed by atoms with Crippen LogP contribution in [-0.4, -0.2) is 56.0 Å². The van der Waals surface area contributed by atoms with Crippen molar-refractivity contribution in [1.82, 2.24) is 10.2 Å². The molecule has 5 heteroatoms. The zero-order valence-electron chi connectivity index (χ0n) is 12.8. The Morgan fingerprint density at radius 2 is 2.14 bits per heavy atom. The van der Waals surface area contributed by atoms with Gasteiger partial charge in [0.1, 0.15) is 0 Å². The SMILES string of the molecule is CCOc1cccc(CNCCCN2CCOCC2)c1O. The quantitative estimate of drug-likeness (QED) is 0.713. The van der Waals surface area contributed by atoms with Gasteiger partial charge in [-0.25, -0.2) is 0 Å². The van der Waals surface area contributed by atoms with Crippen molar-refractivity contribution in [1.29, 1.82) is 0 Å². The van der Waals surface area contributed by atoms with Gasteiger partial charge in [0.05, 0.1) is 19.8 Å². The van der Waals surface area contributed by atoms with Crippen LogP contribution in [0.5, 0.6) is 11.5 Å². The average Bonchev–Trinajstić information content (AvgIpc) is 2.51. The fourth-order valence-electron chi connectivity index (χ4n) is 2.46. The number of rotatable bonds is 8. The number of para-hydroxylation sites is 1. The molecule has 1 aliphatic rings. The molecule has 1 saturated heterocycles. The summed E-state index contributed by atoms with van der Waals surface area (Å²) in [7, 11) is 0. The Labute approximate surface area is 126 Å². The predicted octanol–water partition coefficient (Wildman–Crippen LogP) is 1.60. The van der Waals surface area contributed by atoms with Crippen molar-refractivity contribution in [2.45, 2.75) is 19.9 Å². The molecule has 0 unspecified atom stereocenters. The summed E-state index contributed by atoms with van der Waals surface area (Å²) >= 11 is 0. The molecule has 5 nitrogen and oxygen atoms in total. The molecule has 21 heavy (non-hydrogen) atoms. The monoisotopic (exact) mass is 294 g/mol. The summed E-state index contributed by atoms with van der Waals surface area (Å²) in [5.41, 5.74) is 0.882. The normalized spacial score (nSPS) is 16.0. The van der Waals surface area contributed by atoms with Crippen LogP contribution in [0.25, 0.3) is 0 Å². The lowest BCUT2D eigenvalue weighted by Crippen LogP contribution is -2.37. The number of hydrogen-bond donors (Lipinski definition) is 2. The molecular weight excluding hydrogens is 268 g/mol. The number of hydrogen-bond acceptors (Lipinski definition) is 5. The first-order valence-electron chi connectivity index (χ1n) is 7.75. The van der Waals surface area contributed by atoms with E-state index in [1.165, 1.54) is 0 Å². The first kappa shape index (κ1) is 16.1. The molecule has 1 fully saturated rings. The number of benzene rings is 1. The van der Waals surface area contributed by atoms with Gasteiger partial charge in [0.25, 0.3) is 0 Å². The van der Waals surface area contributed by atoms with Gasteiger partial charge in [0, 0.05) is 25.2 Å². The van der Waals surface area contributed by atoms with Crippen molar-refractivity contribution >= 4 is 0 Å². The van der Waals surface area contributed by atoms with Crippen molar-refractivity contribution in [2.75, 3.05) is 46.0 Å². The topological polar surface area (TPSA) is 54.0 Å². The summed E-state index contributed by atoms with van der Waals surface area (Å²) in [6.45, 7) is 8.96. The summed E-state index contributed by atoms with van der Waals surface area (Å²) in [4.78, 5) is 2.43. The standard InChI is InChI=1S/C16H26N2O3/c1-2-21-15-6-3-5-14(16(15)19)13-17-7-4-8-18-9-11-20-12-10-18/h3,5-6,17,19H,2,4,7-13H2,1H3. The molecule has 2 N–H and O–H groups in total. The van der Waals surface area contributed by atoms with Crippen LogP contribution >= 0.6 is 0 Å². The van der Waals surface area contributed by atoms with Gasteiger partial charge >= 0.3 is 0 Å². The summed E-state index contributed by atoms with van der Waals surface area (Å²) < 4.78 is 10.7. The Bertz CT molecular complexity index is 420. The maximum Gasteiger partial charge on any atom is 0.162 e. The van der Waals surface area contributed by atoms with Crippen molar-refractivity contribution in [2.24, 2.45) is 0 Å². The van der Waals surface area contributed by atoms with Crippen LogP contribution in [0, 0.1) is 0 Å². The summed E-state index contributed by atoms with van der Waals surface area (Å²) in [5, 5.41) is 13.5. The fourth-order valence-corrected chi connectivity index (χ4v) is 2.46. The van der Waals surface area contributed by atoms with Crippen molar-refractivity contribution < 1.29 is 14.6 Å². The molecule has 0 aliphatic carbocycles. The third-order valence-electron chi connectivity index (χ3n) is 3.63. The van der Waals surface area contributed by atoms with E-state index in [0.717, 1.165) is 51.4 Å². The predicted molar refractivity (Wildman–Crippen MR) is 82.9 cm³/mol. The van der Waals surface area contributed by atoms with E-state index in [0.29, 0.717) is 18.9 Å². The van der Waals surface area contributed by atoms with Gasteiger partial charge in [-0.05, 0) is 32.5 Å². The van der Waals surface area contributed by atoms with Crippen LogP contribution in [-0.2, 0) is 11.3 Å². The van der Waals surface area contributed by atoms with Crippen LogP contribution in [0.15, 0.2) is 18.2 Å². The molecule has 1 heterocycles. The van der Waals surface area contributed by atoms with Crippen LogP contribution in [0.1, 0.15) is 18.9 Å². The van der Waals surface area contributed by atoms with E-state index in [9.17, 15) is 5.11 Å². The highest BCUT2D eigenvalue weighted by Crippen LogP contribution is 2.29. The van der Waals surface area contributed by atoms with Gasteiger partial charge in [-0.1, -0.05) is 12.1 Å². The van der Waals surface area contributed by atoms with E-state index < -0.39 is 0 Å². The summed E-state index contributed by atoms with van der Waals surface area (Å²) in [6.07, 6.45) is 1.10. The number of nitrogens with zero attached hydrogens (tertiary/aromatic N) is 1. The molecular formula is C16H26N2O3. The third kappa shape index (κ3) is 5.19. The van der Waals surface area contributed by atoms with Gasteiger partial charge in [0.15, 0.2) is 11.5 Å². The number of phenolic OH excluding ortho intramolecular Hbond substituents is 1. The first-order valence-corrected chi connectivity index (χ1v) is 7.75. The van der Waals surface area contributed by atoms with Gasteiger partial charge in [0.2, 0.25) is 0 Å². The zero-order chi connectivity index (χ0) is 14.9. The molecule has 118 valence electrons. The van der Waals surface area contributed by atoms with E-state index >= 15 is 0 Å². The Kier molecular flexibility index (Phi) is 6.79. The average molecular weight is 294 g/mol. The van der Waals surface area contributed by atoms with Crippen LogP contribution in [0.4, 0.5) is 0 Å². The zero-order valence-corrected chi connectivity index (χ0v) is 12.8. The maximum absolute atomic E-state index is 10.1. The molecule has 0 radical (unpaired) electrons. The molecule has 0 amide bonds.